The van der Waals surface area contributed by atoms with Gasteiger partial charge in [0.05, 0.1) is 5.41 Å². The van der Waals surface area contributed by atoms with Gasteiger partial charge in [-0.05, 0) is 43.1 Å². The molecule has 0 radical (unpaired) electrons. The predicted octanol–water partition coefficient (Wildman–Crippen LogP) is 3.02. The highest BCUT2D eigenvalue weighted by Crippen LogP contribution is 2.72. The second kappa shape index (κ2) is 6.47. The van der Waals surface area contributed by atoms with Gasteiger partial charge >= 0.3 is 0 Å². The summed E-state index contributed by atoms with van der Waals surface area (Å²) in [7, 11) is 0. The minimum atomic E-state index is -0.311. The van der Waals surface area contributed by atoms with Crippen molar-refractivity contribution in [1.29, 1.82) is 0 Å². The summed E-state index contributed by atoms with van der Waals surface area (Å²) in [4.78, 5) is 26.7. The van der Waals surface area contributed by atoms with Crippen LogP contribution in [0.1, 0.15) is 56.9 Å². The van der Waals surface area contributed by atoms with Crippen molar-refractivity contribution in [3.8, 4) is 0 Å². The van der Waals surface area contributed by atoms with Crippen molar-refractivity contribution >= 4 is 11.8 Å². The molecule has 2 aliphatic carbocycles. The van der Waals surface area contributed by atoms with Crippen LogP contribution in [0.5, 0.6) is 0 Å². The molecule has 1 heterocycles. The molecule has 1 spiro atoms. The quantitative estimate of drug-likeness (QED) is 0.809. The Labute approximate surface area is 150 Å². The Morgan fingerprint density at radius 1 is 1.12 bits per heavy atom. The van der Waals surface area contributed by atoms with Crippen molar-refractivity contribution in [2.75, 3.05) is 19.6 Å². The summed E-state index contributed by atoms with van der Waals surface area (Å²) in [6, 6.07) is 10.4. The molecule has 3 aliphatic rings. The van der Waals surface area contributed by atoms with E-state index in [0.717, 1.165) is 32.4 Å². The Morgan fingerprint density at radius 3 is 2.56 bits per heavy atom. The van der Waals surface area contributed by atoms with Crippen molar-refractivity contribution in [3.05, 3.63) is 35.9 Å². The van der Waals surface area contributed by atoms with Gasteiger partial charge in [-0.3, -0.25) is 9.59 Å². The van der Waals surface area contributed by atoms with Gasteiger partial charge in [0, 0.05) is 26.1 Å². The average molecular weight is 340 g/mol. The number of carbonyl (C=O) groups is 2. The van der Waals surface area contributed by atoms with Gasteiger partial charge in [0.2, 0.25) is 11.8 Å². The Balaban J connectivity index is 1.39. The third kappa shape index (κ3) is 2.76. The molecule has 0 aromatic heterocycles. The van der Waals surface area contributed by atoms with Gasteiger partial charge in [-0.2, -0.15) is 0 Å². The third-order valence-electron chi connectivity index (χ3n) is 6.66. The molecule has 134 valence electrons. The zero-order valence-electron chi connectivity index (χ0n) is 14.9. The van der Waals surface area contributed by atoms with Crippen LogP contribution in [0.25, 0.3) is 0 Å². The Bertz CT molecular complexity index is 651. The molecule has 1 aromatic rings. The van der Waals surface area contributed by atoms with Gasteiger partial charge in [0.1, 0.15) is 0 Å². The minimum absolute atomic E-state index is 0.198. The van der Waals surface area contributed by atoms with E-state index in [0.29, 0.717) is 13.0 Å². The lowest BCUT2D eigenvalue weighted by molar-refractivity contribution is -0.127. The smallest absolute Gasteiger partial charge is 0.231 e. The van der Waals surface area contributed by atoms with E-state index in [2.05, 4.69) is 17.4 Å². The minimum Gasteiger partial charge on any atom is -0.355 e. The summed E-state index contributed by atoms with van der Waals surface area (Å²) in [6.45, 7) is 2.31. The fourth-order valence-electron chi connectivity index (χ4n) is 5.27. The van der Waals surface area contributed by atoms with Gasteiger partial charge in [-0.25, -0.2) is 0 Å². The van der Waals surface area contributed by atoms with Gasteiger partial charge in [-0.15, -0.1) is 0 Å². The van der Waals surface area contributed by atoms with Crippen molar-refractivity contribution in [3.63, 3.8) is 0 Å². The van der Waals surface area contributed by atoms with Crippen molar-refractivity contribution in [2.24, 2.45) is 5.41 Å². The molecule has 1 aromatic carbocycles. The molecule has 4 heteroatoms. The van der Waals surface area contributed by atoms with Crippen LogP contribution >= 0.6 is 0 Å². The molecule has 1 saturated heterocycles. The highest BCUT2D eigenvalue weighted by Gasteiger charge is 2.72. The fraction of sp³-hybridized carbons (Fsp3) is 0.619. The van der Waals surface area contributed by atoms with Crippen LogP contribution in [0, 0.1) is 5.41 Å². The molecule has 1 atom stereocenters. The van der Waals surface area contributed by atoms with E-state index < -0.39 is 0 Å². The van der Waals surface area contributed by atoms with Crippen LogP contribution in [0.2, 0.25) is 0 Å². The zero-order valence-corrected chi connectivity index (χ0v) is 14.9. The maximum absolute atomic E-state index is 13.2. The van der Waals surface area contributed by atoms with Crippen molar-refractivity contribution in [2.45, 2.75) is 56.8 Å². The molecule has 0 bridgehead atoms. The highest BCUT2D eigenvalue weighted by molar-refractivity contribution is 5.93. The molecule has 1 N–H and O–H groups in total. The Hall–Kier alpha value is -1.84. The van der Waals surface area contributed by atoms with Gasteiger partial charge in [0.25, 0.3) is 0 Å². The summed E-state index contributed by atoms with van der Waals surface area (Å²) in [5, 5.41) is 3.20. The van der Waals surface area contributed by atoms with Crippen molar-refractivity contribution in [1.82, 2.24) is 10.2 Å². The maximum atomic E-state index is 13.2. The molecular formula is C21H28N2O2. The number of likely N-dealkylation sites (tertiary alicyclic amines) is 1. The second-order valence-electron chi connectivity index (χ2n) is 8.03. The van der Waals surface area contributed by atoms with E-state index >= 15 is 0 Å². The molecule has 1 aliphatic heterocycles. The van der Waals surface area contributed by atoms with E-state index in [1.807, 2.05) is 23.1 Å². The first kappa shape index (κ1) is 16.6. The van der Waals surface area contributed by atoms with E-state index in [9.17, 15) is 9.59 Å². The van der Waals surface area contributed by atoms with Crippen LogP contribution in [-0.2, 0) is 15.0 Å². The number of benzene rings is 1. The molecule has 4 rings (SSSR count). The third-order valence-corrected chi connectivity index (χ3v) is 6.66. The number of hydrogen-bond acceptors (Lipinski definition) is 2. The number of nitrogens with one attached hydrogen (secondary N) is 1. The van der Waals surface area contributed by atoms with Gasteiger partial charge in [0.15, 0.2) is 0 Å². The van der Waals surface area contributed by atoms with Crippen molar-refractivity contribution < 1.29 is 9.59 Å². The fourth-order valence-corrected chi connectivity index (χ4v) is 5.27. The lowest BCUT2D eigenvalue weighted by Crippen LogP contribution is -2.39. The van der Waals surface area contributed by atoms with Crippen LogP contribution in [0.4, 0.5) is 0 Å². The van der Waals surface area contributed by atoms with Crippen LogP contribution in [0.3, 0.4) is 0 Å². The largest absolute Gasteiger partial charge is 0.355 e. The van der Waals surface area contributed by atoms with Crippen LogP contribution in [0.15, 0.2) is 30.3 Å². The van der Waals surface area contributed by atoms with Crippen LogP contribution < -0.4 is 5.32 Å². The molecular weight excluding hydrogens is 312 g/mol. The van der Waals surface area contributed by atoms with Gasteiger partial charge < -0.3 is 10.2 Å². The Morgan fingerprint density at radius 2 is 1.88 bits per heavy atom. The number of hydrogen-bond donors (Lipinski definition) is 1. The standard InChI is InChI=1S/C21H28N2O2/c24-18-10-6-14-23(18)15-7-13-22-19(25)21(17-8-2-1-3-9-17)16-20(21)11-4-5-12-20/h1-3,8-9H,4-7,10-16H2,(H,22,25). The van der Waals surface area contributed by atoms with Crippen LogP contribution in [-0.4, -0.2) is 36.3 Å². The second-order valence-corrected chi connectivity index (χ2v) is 8.03. The normalized spacial score (nSPS) is 27.0. The number of nitrogens with zero attached hydrogens (tertiary/aromatic N) is 1. The lowest BCUT2D eigenvalue weighted by Gasteiger charge is -2.23. The maximum Gasteiger partial charge on any atom is 0.231 e. The number of rotatable bonds is 6. The van der Waals surface area contributed by atoms with E-state index in [1.54, 1.807) is 0 Å². The van der Waals surface area contributed by atoms with E-state index in [1.165, 1.54) is 31.2 Å². The van der Waals surface area contributed by atoms with E-state index in [-0.39, 0.29) is 22.6 Å². The lowest BCUT2D eigenvalue weighted by atomic mass is 9.84. The Kier molecular flexibility index (Phi) is 4.30. The first-order valence-electron chi connectivity index (χ1n) is 9.80. The number of carbonyl (C=O) groups excluding carboxylic acids is 2. The first-order chi connectivity index (χ1) is 12.2. The first-order valence-corrected chi connectivity index (χ1v) is 9.80. The van der Waals surface area contributed by atoms with E-state index in [4.69, 9.17) is 0 Å². The zero-order chi connectivity index (χ0) is 17.3. The van der Waals surface area contributed by atoms with Gasteiger partial charge in [-0.1, -0.05) is 43.2 Å². The molecule has 2 amide bonds. The highest BCUT2D eigenvalue weighted by atomic mass is 16.2. The summed E-state index contributed by atoms with van der Waals surface area (Å²) in [6.07, 6.45) is 8.36. The molecule has 25 heavy (non-hydrogen) atoms. The topological polar surface area (TPSA) is 49.4 Å². The molecule has 1 unspecified atom stereocenters. The molecule has 3 fully saturated rings. The number of amides is 2. The summed E-state index contributed by atoms with van der Waals surface area (Å²) in [5.41, 5.74) is 1.07. The summed E-state index contributed by atoms with van der Waals surface area (Å²) < 4.78 is 0. The monoisotopic (exact) mass is 340 g/mol. The predicted molar refractivity (Wildman–Crippen MR) is 97.1 cm³/mol. The molecule has 2 saturated carbocycles. The summed E-state index contributed by atoms with van der Waals surface area (Å²) in [5.74, 6) is 0.465. The molecule has 4 nitrogen and oxygen atoms in total. The SMILES string of the molecule is O=C1CCCN1CCCNC(=O)C1(c2ccccc2)CC12CCCC2. The average Bonchev–Trinajstić information content (AvgIpc) is 2.89. The summed E-state index contributed by atoms with van der Waals surface area (Å²) >= 11 is 0.